The number of benzene rings is 2. The molecule has 0 fully saturated rings. The van der Waals surface area contributed by atoms with Crippen LogP contribution in [-0.2, 0) is 24.3 Å². The van der Waals surface area contributed by atoms with Gasteiger partial charge >= 0.3 is 0 Å². The zero-order valence-electron chi connectivity index (χ0n) is 18.6. The lowest BCUT2D eigenvalue weighted by Gasteiger charge is -2.13. The Labute approximate surface area is 199 Å². The number of rotatable bonds is 8. The van der Waals surface area contributed by atoms with Crippen molar-refractivity contribution in [1.29, 1.82) is 0 Å². The predicted molar refractivity (Wildman–Crippen MR) is 132 cm³/mol. The molecular formula is C24H30N6O4. The highest BCUT2D eigenvalue weighted by Crippen LogP contribution is 2.32. The van der Waals surface area contributed by atoms with E-state index in [-0.39, 0.29) is 34.9 Å². The molecule has 1 aliphatic rings. The molecule has 2 aromatic carbocycles. The van der Waals surface area contributed by atoms with E-state index in [1.807, 2.05) is 36.4 Å². The van der Waals surface area contributed by atoms with Crippen LogP contribution in [0.5, 0.6) is 11.5 Å². The van der Waals surface area contributed by atoms with Crippen molar-refractivity contribution < 1.29 is 18.5 Å². The SMILES string of the molecule is Cc1cnc(NCCc2ccc3c(c2)OCO3)c(=O)n1CC(=O)NCc1ccc2[nH]ncc2c1.[HH].[HH].[HH]. The van der Waals surface area contributed by atoms with Gasteiger partial charge in [0.1, 0.15) is 6.54 Å². The van der Waals surface area contributed by atoms with Gasteiger partial charge in [0.25, 0.3) is 5.56 Å². The summed E-state index contributed by atoms with van der Waals surface area (Å²) in [5.74, 6) is 1.42. The number of anilines is 1. The summed E-state index contributed by atoms with van der Waals surface area (Å²) < 4.78 is 12.1. The highest BCUT2D eigenvalue weighted by atomic mass is 16.7. The molecule has 0 unspecified atom stereocenters. The minimum Gasteiger partial charge on any atom is -0.454 e. The van der Waals surface area contributed by atoms with Gasteiger partial charge < -0.3 is 20.1 Å². The first-order valence-electron chi connectivity index (χ1n) is 10.9. The van der Waals surface area contributed by atoms with E-state index in [9.17, 15) is 9.59 Å². The number of ether oxygens (including phenoxy) is 2. The van der Waals surface area contributed by atoms with Crippen LogP contribution >= 0.6 is 0 Å². The van der Waals surface area contributed by atoms with Crippen LogP contribution in [0.3, 0.4) is 0 Å². The molecule has 34 heavy (non-hydrogen) atoms. The molecule has 0 spiro atoms. The number of carbonyl (C=O) groups is 1. The summed E-state index contributed by atoms with van der Waals surface area (Å²) in [6.07, 6.45) is 4.00. The number of aryl methyl sites for hydroxylation is 1. The number of hydrogen-bond acceptors (Lipinski definition) is 7. The van der Waals surface area contributed by atoms with Crippen LogP contribution in [0.4, 0.5) is 5.82 Å². The monoisotopic (exact) mass is 466 g/mol. The van der Waals surface area contributed by atoms with E-state index in [0.29, 0.717) is 25.2 Å². The fourth-order valence-electron chi connectivity index (χ4n) is 3.81. The Balaban J connectivity index is 0.00000160. The number of nitrogens with zero attached hydrogens (tertiary/aromatic N) is 3. The van der Waals surface area contributed by atoms with E-state index in [0.717, 1.165) is 33.5 Å². The molecule has 180 valence electrons. The quantitative estimate of drug-likeness (QED) is 0.365. The maximum absolute atomic E-state index is 12.9. The van der Waals surface area contributed by atoms with Crippen LogP contribution in [-0.4, -0.2) is 39.0 Å². The summed E-state index contributed by atoms with van der Waals surface area (Å²) >= 11 is 0. The van der Waals surface area contributed by atoms with E-state index < -0.39 is 0 Å². The van der Waals surface area contributed by atoms with Crippen molar-refractivity contribution in [3.05, 3.63) is 76.0 Å². The summed E-state index contributed by atoms with van der Waals surface area (Å²) in [6, 6.07) is 11.6. The minimum absolute atomic E-state index is 0. The van der Waals surface area contributed by atoms with Gasteiger partial charge in [-0.25, -0.2) is 4.98 Å². The largest absolute Gasteiger partial charge is 0.454 e. The third kappa shape index (κ3) is 4.56. The van der Waals surface area contributed by atoms with Crippen LogP contribution in [0.2, 0.25) is 0 Å². The van der Waals surface area contributed by atoms with Crippen molar-refractivity contribution >= 4 is 22.6 Å². The zero-order valence-corrected chi connectivity index (χ0v) is 18.6. The molecule has 2 aromatic heterocycles. The molecule has 0 aliphatic carbocycles. The van der Waals surface area contributed by atoms with Gasteiger partial charge in [-0.05, 0) is 48.7 Å². The highest BCUT2D eigenvalue weighted by Gasteiger charge is 2.14. The number of nitrogens with one attached hydrogen (secondary N) is 3. The van der Waals surface area contributed by atoms with E-state index in [4.69, 9.17) is 9.47 Å². The lowest BCUT2D eigenvalue weighted by atomic mass is 10.1. The lowest BCUT2D eigenvalue weighted by molar-refractivity contribution is -0.121. The van der Waals surface area contributed by atoms with Gasteiger partial charge in [-0.2, -0.15) is 5.10 Å². The Kier molecular flexibility index (Phi) is 5.86. The van der Waals surface area contributed by atoms with Gasteiger partial charge in [-0.3, -0.25) is 19.3 Å². The molecule has 1 amide bonds. The number of fused-ring (bicyclic) bond motifs is 2. The van der Waals surface area contributed by atoms with Crippen molar-refractivity contribution in [1.82, 2.24) is 25.1 Å². The molecule has 3 N–H and O–H groups in total. The number of amides is 1. The second-order valence-electron chi connectivity index (χ2n) is 8.07. The van der Waals surface area contributed by atoms with Crippen molar-refractivity contribution in [3.63, 3.8) is 0 Å². The van der Waals surface area contributed by atoms with E-state index in [1.165, 1.54) is 4.57 Å². The van der Waals surface area contributed by atoms with Crippen molar-refractivity contribution in [2.24, 2.45) is 0 Å². The van der Waals surface area contributed by atoms with Gasteiger partial charge in [-0.1, -0.05) is 12.1 Å². The molecule has 0 saturated carbocycles. The van der Waals surface area contributed by atoms with Gasteiger partial charge in [-0.15, -0.1) is 0 Å². The van der Waals surface area contributed by atoms with Crippen LogP contribution < -0.4 is 25.7 Å². The molecule has 0 atom stereocenters. The number of hydrogen-bond donors (Lipinski definition) is 3. The van der Waals surface area contributed by atoms with E-state index >= 15 is 0 Å². The molecule has 0 saturated heterocycles. The molecule has 0 radical (unpaired) electrons. The van der Waals surface area contributed by atoms with Gasteiger partial charge in [0.05, 0.1) is 11.7 Å². The molecule has 4 aromatic rings. The smallest absolute Gasteiger partial charge is 0.293 e. The highest BCUT2D eigenvalue weighted by molar-refractivity contribution is 5.79. The summed E-state index contributed by atoms with van der Waals surface area (Å²) in [5.41, 5.74) is 3.22. The minimum atomic E-state index is -0.333. The summed E-state index contributed by atoms with van der Waals surface area (Å²) in [6.45, 7) is 2.77. The predicted octanol–water partition coefficient (Wildman–Crippen LogP) is 2.87. The average molecular weight is 467 g/mol. The normalized spacial score (nSPS) is 12.1. The van der Waals surface area contributed by atoms with Crippen molar-refractivity contribution in [3.8, 4) is 11.5 Å². The molecule has 10 nitrogen and oxygen atoms in total. The van der Waals surface area contributed by atoms with Crippen LogP contribution in [0.15, 0.2) is 53.6 Å². The molecule has 5 rings (SSSR count). The third-order valence-electron chi connectivity index (χ3n) is 5.69. The summed E-state index contributed by atoms with van der Waals surface area (Å²) in [7, 11) is 0. The fourth-order valence-corrected chi connectivity index (χ4v) is 3.81. The molecule has 0 bridgehead atoms. The van der Waals surface area contributed by atoms with E-state index in [1.54, 1.807) is 19.3 Å². The number of H-pyrrole nitrogens is 1. The van der Waals surface area contributed by atoms with E-state index in [2.05, 4.69) is 25.8 Å². The maximum atomic E-state index is 12.9. The van der Waals surface area contributed by atoms with Gasteiger partial charge in [0, 0.05) is 34.6 Å². The topological polar surface area (TPSA) is 123 Å². The van der Waals surface area contributed by atoms with Crippen molar-refractivity contribution in [2.45, 2.75) is 26.4 Å². The Morgan fingerprint density at radius 3 is 2.91 bits per heavy atom. The Morgan fingerprint density at radius 1 is 1.15 bits per heavy atom. The van der Waals surface area contributed by atoms with Crippen LogP contribution in [0.25, 0.3) is 10.9 Å². The Bertz CT molecular complexity index is 1430. The summed E-state index contributed by atoms with van der Waals surface area (Å²) in [4.78, 5) is 29.7. The standard InChI is InChI=1S/C24H24N6O4.3H2/c1-15-10-27-23(25-7-6-16-3-5-20-21(9-16)34-14-33-20)24(32)30(15)13-22(31)26-11-17-2-4-19-18(8-17)12-28-29-19;;;/h2-5,8-10,12H,6-7,11,13-14H2,1H3,(H,25,27)(H,26,31)(H,28,29);3*1H. The Morgan fingerprint density at radius 2 is 2.00 bits per heavy atom. The second kappa shape index (κ2) is 9.26. The number of carbonyl (C=O) groups excluding carboxylic acids is 1. The maximum Gasteiger partial charge on any atom is 0.293 e. The number of aromatic amines is 1. The Hall–Kier alpha value is -4.34. The number of aromatic nitrogens is 4. The lowest BCUT2D eigenvalue weighted by Crippen LogP contribution is -2.34. The molecule has 3 heterocycles. The van der Waals surface area contributed by atoms with Crippen LogP contribution in [0, 0.1) is 6.92 Å². The molecular weight excluding hydrogens is 436 g/mol. The molecule has 10 heteroatoms. The molecule has 1 aliphatic heterocycles. The zero-order chi connectivity index (χ0) is 23.5. The first-order valence-corrected chi connectivity index (χ1v) is 10.9. The summed E-state index contributed by atoms with van der Waals surface area (Å²) in [5, 5.41) is 13.8. The van der Waals surface area contributed by atoms with Gasteiger partial charge in [0.15, 0.2) is 17.3 Å². The van der Waals surface area contributed by atoms with Crippen LogP contribution in [0.1, 0.15) is 21.1 Å². The fraction of sp³-hybridized carbons (Fsp3) is 0.250. The van der Waals surface area contributed by atoms with Gasteiger partial charge in [0.2, 0.25) is 12.7 Å². The average Bonchev–Trinajstić information content (AvgIpc) is 3.50. The first kappa shape index (κ1) is 21.5. The second-order valence-corrected chi connectivity index (χ2v) is 8.07. The first-order chi connectivity index (χ1) is 16.6. The third-order valence-corrected chi connectivity index (χ3v) is 5.69. The van der Waals surface area contributed by atoms with Crippen molar-refractivity contribution in [2.75, 3.05) is 18.7 Å².